The van der Waals surface area contributed by atoms with E-state index in [-0.39, 0.29) is 22.4 Å². The number of carbonyl (C=O) groups excluding carboxylic acids is 1. The van der Waals surface area contributed by atoms with Crippen LogP contribution in [-0.4, -0.2) is 31.9 Å². The van der Waals surface area contributed by atoms with Crippen LogP contribution >= 0.6 is 11.8 Å². The van der Waals surface area contributed by atoms with Crippen molar-refractivity contribution in [1.82, 2.24) is 9.99 Å². The zero-order valence-electron chi connectivity index (χ0n) is 14.7. The quantitative estimate of drug-likeness (QED) is 0.661. The van der Waals surface area contributed by atoms with Crippen LogP contribution in [0.1, 0.15) is 11.1 Å². The number of amides is 1. The summed E-state index contributed by atoms with van der Waals surface area (Å²) in [5, 5.41) is 15.4. The van der Waals surface area contributed by atoms with Crippen molar-refractivity contribution in [3.63, 3.8) is 0 Å². The highest BCUT2D eigenvalue weighted by Crippen LogP contribution is 2.30. The maximum absolute atomic E-state index is 12.7. The topological polar surface area (TPSA) is 112 Å². The Morgan fingerprint density at radius 2 is 2.00 bits per heavy atom. The van der Waals surface area contributed by atoms with Crippen LogP contribution in [0.2, 0.25) is 0 Å². The molecule has 0 radical (unpaired) electrons. The lowest BCUT2D eigenvalue weighted by Gasteiger charge is -2.20. The predicted molar refractivity (Wildman–Crippen MR) is 111 cm³/mol. The Morgan fingerprint density at radius 3 is 2.83 bits per heavy atom. The van der Waals surface area contributed by atoms with Gasteiger partial charge in [-0.15, -0.1) is 0 Å². The molecule has 0 fully saturated rings. The number of rotatable bonds is 2. The second kappa shape index (κ2) is 6.64. The molecule has 4 heterocycles. The Morgan fingerprint density at radius 1 is 1.14 bits per heavy atom. The fourth-order valence-corrected chi connectivity index (χ4v) is 3.83. The van der Waals surface area contributed by atoms with Gasteiger partial charge in [-0.3, -0.25) is 20.0 Å². The minimum Gasteiger partial charge on any atom is -0.463 e. The molecule has 0 saturated carbocycles. The Bertz CT molecular complexity index is 1340. The lowest BCUT2D eigenvalue weighted by atomic mass is 10.1. The maximum atomic E-state index is 12.7. The predicted octanol–water partition coefficient (Wildman–Crippen LogP) is 2.86. The van der Waals surface area contributed by atoms with Gasteiger partial charge in [-0.1, -0.05) is 12.1 Å². The van der Waals surface area contributed by atoms with Gasteiger partial charge in [0.1, 0.15) is 16.9 Å². The van der Waals surface area contributed by atoms with E-state index in [1.165, 1.54) is 29.1 Å². The van der Waals surface area contributed by atoms with Gasteiger partial charge in [0.2, 0.25) is 5.17 Å². The van der Waals surface area contributed by atoms with Crippen LogP contribution in [-0.2, 0) is 4.79 Å². The fraction of sp³-hybridized carbons (Fsp3) is 0. The first-order valence-corrected chi connectivity index (χ1v) is 9.34. The minimum atomic E-state index is -0.607. The van der Waals surface area contributed by atoms with Crippen LogP contribution in [0.3, 0.4) is 0 Å². The number of aromatic nitrogens is 1. The van der Waals surface area contributed by atoms with E-state index >= 15 is 0 Å². The van der Waals surface area contributed by atoms with E-state index in [1.807, 2.05) is 6.07 Å². The van der Waals surface area contributed by atoms with Crippen molar-refractivity contribution in [1.29, 1.82) is 5.41 Å². The number of nitrogens with one attached hydrogen (secondary N) is 1. The number of hydrogen-bond acceptors (Lipinski definition) is 7. The van der Waals surface area contributed by atoms with Gasteiger partial charge in [0.05, 0.1) is 16.5 Å². The molecule has 0 atom stereocenters. The molecule has 8 nitrogen and oxygen atoms in total. The minimum absolute atomic E-state index is 0.0342. The number of fused-ring (bicyclic) bond motifs is 2. The van der Waals surface area contributed by atoms with Crippen LogP contribution in [0.15, 0.2) is 79.9 Å². The van der Waals surface area contributed by atoms with Gasteiger partial charge < -0.3 is 4.42 Å². The molecule has 2 aromatic heterocycles. The van der Waals surface area contributed by atoms with Crippen LogP contribution in [0.25, 0.3) is 17.0 Å². The summed E-state index contributed by atoms with van der Waals surface area (Å²) in [6.07, 6.45) is 5.90. The van der Waals surface area contributed by atoms with Gasteiger partial charge in [-0.05, 0) is 42.1 Å². The zero-order valence-corrected chi connectivity index (χ0v) is 15.5. The van der Waals surface area contributed by atoms with E-state index in [1.54, 1.807) is 42.7 Å². The number of para-hydroxylation sites is 1. The number of nitrogens with zero attached hydrogens (tertiary/aromatic N) is 4. The molecule has 2 aliphatic rings. The van der Waals surface area contributed by atoms with Crippen molar-refractivity contribution in [2.45, 2.75) is 0 Å². The van der Waals surface area contributed by atoms with Crippen molar-refractivity contribution in [3.05, 3.63) is 82.0 Å². The number of aliphatic imine (C=N–C) groups is 1. The Balaban J connectivity index is 1.56. The Labute approximate surface area is 167 Å². The molecule has 0 saturated heterocycles. The summed E-state index contributed by atoms with van der Waals surface area (Å²) < 4.78 is 5.48. The summed E-state index contributed by atoms with van der Waals surface area (Å²) in [6.45, 7) is 0. The molecule has 1 aromatic carbocycles. The molecule has 0 spiro atoms. The second-order valence-corrected chi connectivity index (χ2v) is 7.14. The molecule has 3 aromatic rings. The average molecular weight is 401 g/mol. The summed E-state index contributed by atoms with van der Waals surface area (Å²) >= 11 is 1.19. The second-order valence-electron chi connectivity index (χ2n) is 6.18. The van der Waals surface area contributed by atoms with Crippen LogP contribution < -0.4 is 5.43 Å². The zero-order chi connectivity index (χ0) is 20.0. The van der Waals surface area contributed by atoms with Gasteiger partial charge in [0, 0.05) is 18.0 Å². The number of carbonyl (C=O) groups is 1. The molecular weight excluding hydrogens is 390 g/mol. The third kappa shape index (κ3) is 2.88. The highest BCUT2D eigenvalue weighted by molar-refractivity contribution is 8.27. The van der Waals surface area contributed by atoms with Gasteiger partial charge in [0.25, 0.3) is 5.91 Å². The van der Waals surface area contributed by atoms with E-state index in [0.29, 0.717) is 21.2 Å². The third-order valence-electron chi connectivity index (χ3n) is 4.37. The first kappa shape index (κ1) is 17.3. The number of thioether (sulfide) groups is 1. The molecule has 0 unspecified atom stereocenters. The van der Waals surface area contributed by atoms with E-state index in [4.69, 9.17) is 9.83 Å². The van der Waals surface area contributed by atoms with Crippen LogP contribution in [0.4, 0.5) is 0 Å². The van der Waals surface area contributed by atoms with E-state index in [2.05, 4.69) is 15.1 Å². The molecule has 9 heteroatoms. The molecule has 5 rings (SSSR count). The van der Waals surface area contributed by atoms with Gasteiger partial charge in [-0.25, -0.2) is 0 Å². The molecule has 29 heavy (non-hydrogen) atoms. The van der Waals surface area contributed by atoms with Gasteiger partial charge >= 0.3 is 0 Å². The van der Waals surface area contributed by atoms with E-state index in [9.17, 15) is 9.59 Å². The molecule has 140 valence electrons. The highest BCUT2D eigenvalue weighted by Gasteiger charge is 2.36. The van der Waals surface area contributed by atoms with Crippen LogP contribution in [0.5, 0.6) is 0 Å². The van der Waals surface area contributed by atoms with Crippen molar-refractivity contribution in [2.24, 2.45) is 10.1 Å². The Kier molecular flexibility index (Phi) is 3.95. The molecular formula is C20H11N5O3S. The van der Waals surface area contributed by atoms with Gasteiger partial charge in [0.15, 0.2) is 11.3 Å². The van der Waals surface area contributed by atoms with Crippen LogP contribution in [0, 0.1) is 5.41 Å². The van der Waals surface area contributed by atoms with Gasteiger partial charge in [-0.2, -0.15) is 15.1 Å². The Hall–Kier alpha value is -3.85. The van der Waals surface area contributed by atoms with Crippen molar-refractivity contribution < 1.29 is 9.21 Å². The van der Waals surface area contributed by atoms with Crippen molar-refractivity contribution >= 4 is 50.8 Å². The van der Waals surface area contributed by atoms with Crippen molar-refractivity contribution in [2.75, 3.05) is 0 Å². The third-order valence-corrected chi connectivity index (χ3v) is 5.33. The normalized spacial score (nSPS) is 17.5. The highest BCUT2D eigenvalue weighted by atomic mass is 32.2. The average Bonchev–Trinajstić information content (AvgIpc) is 3.17. The molecule has 0 aliphatic carbocycles. The molecule has 0 bridgehead atoms. The maximum Gasteiger partial charge on any atom is 0.283 e. The SMILES string of the molecule is N=C1/C(=C\c2coc3ccccc3c2=O)C(=O)N=C2SC(c3cccnc3)=NN12. The fourth-order valence-electron chi connectivity index (χ4n) is 2.95. The molecule has 2 aliphatic heterocycles. The summed E-state index contributed by atoms with van der Waals surface area (Å²) in [6, 6.07) is 10.4. The summed E-state index contributed by atoms with van der Waals surface area (Å²) in [5.74, 6) is -0.761. The number of pyridine rings is 1. The molecule has 1 N–H and O–H groups in total. The lowest BCUT2D eigenvalue weighted by molar-refractivity contribution is -0.114. The van der Waals surface area contributed by atoms with Crippen molar-refractivity contribution in [3.8, 4) is 0 Å². The number of benzene rings is 1. The lowest BCUT2D eigenvalue weighted by Crippen LogP contribution is -2.35. The first-order valence-electron chi connectivity index (χ1n) is 8.53. The largest absolute Gasteiger partial charge is 0.463 e. The van der Waals surface area contributed by atoms with E-state index < -0.39 is 5.91 Å². The standard InChI is InChI=1S/C20H11N5O3S/c21-17-14(8-12-10-28-15-6-2-1-5-13(15)16(12)26)18(27)23-20-25(17)24-19(29-20)11-4-3-7-22-9-11/h1-10,21H/b14-8+,21-17?. The summed E-state index contributed by atoms with van der Waals surface area (Å²) in [5.41, 5.74) is 1.05. The first-order chi connectivity index (χ1) is 14.1. The monoisotopic (exact) mass is 401 g/mol. The van der Waals surface area contributed by atoms with E-state index in [0.717, 1.165) is 5.56 Å². The summed E-state index contributed by atoms with van der Waals surface area (Å²) in [7, 11) is 0. The number of hydrogen-bond donors (Lipinski definition) is 1. The summed E-state index contributed by atoms with van der Waals surface area (Å²) in [4.78, 5) is 33.3. The molecule has 1 amide bonds. The number of amidine groups is 2. The number of hydrazone groups is 1. The smallest absolute Gasteiger partial charge is 0.283 e.